The van der Waals surface area contributed by atoms with Crippen LogP contribution in [-0.4, -0.2) is 9.97 Å². The van der Waals surface area contributed by atoms with Crippen molar-refractivity contribution >= 4 is 53.9 Å². The molecule has 4 heteroatoms. The molecule has 8 aromatic carbocycles. The van der Waals surface area contributed by atoms with Crippen molar-refractivity contribution in [2.45, 2.75) is 0 Å². The minimum Gasteiger partial charge on any atom is -0.246 e. The largest absolute Gasteiger partial charge is 0.246 e. The molecule has 2 heterocycles. The highest BCUT2D eigenvalue weighted by Crippen LogP contribution is 2.55. The van der Waals surface area contributed by atoms with Crippen LogP contribution in [0, 0.1) is 22.7 Å². The molecule has 0 aliphatic heterocycles. The zero-order valence-corrected chi connectivity index (χ0v) is 28.6. The van der Waals surface area contributed by atoms with Gasteiger partial charge in [-0.15, -0.1) is 0 Å². The van der Waals surface area contributed by atoms with Crippen LogP contribution in [0.1, 0.15) is 11.4 Å². The third-order valence-electron chi connectivity index (χ3n) is 11.7. The molecule has 0 spiro atoms. The van der Waals surface area contributed by atoms with Gasteiger partial charge in [0.15, 0.2) is 0 Å². The van der Waals surface area contributed by atoms with Crippen LogP contribution in [0.25, 0.3) is 121 Å². The Morgan fingerprint density at radius 1 is 0.352 bits per heavy atom. The zero-order valence-electron chi connectivity index (χ0n) is 28.6. The van der Waals surface area contributed by atoms with E-state index >= 15 is 0 Å². The summed E-state index contributed by atoms with van der Waals surface area (Å²) >= 11 is 0. The first-order valence-corrected chi connectivity index (χ1v) is 18.0. The van der Waals surface area contributed by atoms with E-state index in [0.29, 0.717) is 11.4 Å². The lowest BCUT2D eigenvalue weighted by Gasteiger charge is -2.19. The molecule has 54 heavy (non-hydrogen) atoms. The van der Waals surface area contributed by atoms with Gasteiger partial charge in [-0.3, -0.25) is 0 Å². The summed E-state index contributed by atoms with van der Waals surface area (Å²) in [4.78, 5) is 8.68. The molecule has 244 valence electrons. The second kappa shape index (κ2) is 10.5. The molecule has 2 aromatic heterocycles. The van der Waals surface area contributed by atoms with Gasteiger partial charge in [-0.25, -0.2) is 9.97 Å². The van der Waals surface area contributed by atoms with Gasteiger partial charge in [0.05, 0.1) is 0 Å². The van der Waals surface area contributed by atoms with Gasteiger partial charge >= 0.3 is 0 Å². The molecule has 0 saturated heterocycles. The lowest BCUT2D eigenvalue weighted by Crippen LogP contribution is -1.93. The number of hydrogen-bond acceptors (Lipinski definition) is 4. The van der Waals surface area contributed by atoms with E-state index < -0.39 is 0 Å². The van der Waals surface area contributed by atoms with E-state index in [1.807, 2.05) is 24.3 Å². The number of pyridine rings is 2. The SMILES string of the molecule is N#Cc1cc(-c2cc3c4cc5c(c(-c6ccnc(C#N)c6)c4ccc3c3cc4c(cc23)-c2cccc3cccc-4c23)-c2cccc3cccc-5c23)ccn1. The van der Waals surface area contributed by atoms with Crippen molar-refractivity contribution in [2.75, 3.05) is 0 Å². The highest BCUT2D eigenvalue weighted by atomic mass is 14.7. The Morgan fingerprint density at radius 2 is 0.833 bits per heavy atom. The fourth-order valence-corrected chi connectivity index (χ4v) is 9.50. The Hall–Kier alpha value is -7.66. The van der Waals surface area contributed by atoms with E-state index in [1.54, 1.807) is 12.4 Å². The minimum atomic E-state index is 0.383. The Balaban J connectivity index is 1.27. The third-order valence-corrected chi connectivity index (χ3v) is 11.7. The van der Waals surface area contributed by atoms with Crippen LogP contribution < -0.4 is 0 Å². The molecule has 0 unspecified atom stereocenters. The van der Waals surface area contributed by atoms with Crippen molar-refractivity contribution in [1.29, 1.82) is 10.5 Å². The van der Waals surface area contributed by atoms with Crippen LogP contribution >= 0.6 is 0 Å². The summed E-state index contributed by atoms with van der Waals surface area (Å²) in [5.74, 6) is 0. The molecule has 0 bridgehead atoms. The summed E-state index contributed by atoms with van der Waals surface area (Å²) in [5, 5.41) is 31.6. The molecule has 0 fully saturated rings. The predicted octanol–water partition coefficient (Wildman–Crippen LogP) is 12.6. The van der Waals surface area contributed by atoms with Crippen molar-refractivity contribution < 1.29 is 0 Å². The zero-order chi connectivity index (χ0) is 35.7. The van der Waals surface area contributed by atoms with Crippen LogP contribution in [-0.2, 0) is 0 Å². The first kappa shape index (κ1) is 29.0. The van der Waals surface area contributed by atoms with Crippen LogP contribution in [0.3, 0.4) is 0 Å². The number of nitriles is 2. The lowest BCUT2D eigenvalue weighted by molar-refractivity contribution is 1.27. The average Bonchev–Trinajstić information content (AvgIpc) is 3.72. The van der Waals surface area contributed by atoms with E-state index in [1.165, 1.54) is 66.1 Å². The first-order valence-electron chi connectivity index (χ1n) is 18.0. The molecular formula is C50H24N4. The molecule has 0 radical (unpaired) electrons. The van der Waals surface area contributed by atoms with Gasteiger partial charge in [-0.1, -0.05) is 84.9 Å². The normalized spacial score (nSPS) is 12.0. The van der Waals surface area contributed by atoms with Gasteiger partial charge in [-0.2, -0.15) is 10.5 Å². The van der Waals surface area contributed by atoms with Crippen molar-refractivity contribution in [3.05, 3.63) is 157 Å². The Bertz CT molecular complexity index is 3460. The van der Waals surface area contributed by atoms with Crippen molar-refractivity contribution in [1.82, 2.24) is 9.97 Å². The Morgan fingerprint density at radius 3 is 1.50 bits per heavy atom. The van der Waals surface area contributed by atoms with Crippen molar-refractivity contribution in [3.8, 4) is 78.9 Å². The van der Waals surface area contributed by atoms with Gasteiger partial charge in [0.25, 0.3) is 0 Å². The summed E-state index contributed by atoms with van der Waals surface area (Å²) in [6.45, 7) is 0. The number of fused-ring (bicyclic) bond motifs is 11. The second-order valence-electron chi connectivity index (χ2n) is 14.3. The van der Waals surface area contributed by atoms with E-state index in [2.05, 4.69) is 131 Å². The van der Waals surface area contributed by atoms with Gasteiger partial charge in [0.1, 0.15) is 23.5 Å². The van der Waals surface area contributed by atoms with Gasteiger partial charge in [0, 0.05) is 12.4 Å². The van der Waals surface area contributed by atoms with Gasteiger partial charge in [0.2, 0.25) is 0 Å². The fraction of sp³-hybridized carbons (Fsp3) is 0. The standard InChI is InChI=1S/C50H24N4/c51-25-31-19-29(15-17-53-31)39-21-40-33(41-22-42-34-9-1-5-27-6-2-10-35(47(27)34)43(42)23-45(39)41)13-14-37-44(40)24-46-36-11-3-7-28-8-4-12-38(48(28)36)50(46)49(37)30-16-18-54-32(20-30)26-52/h1-24H. The summed E-state index contributed by atoms with van der Waals surface area (Å²) in [5.41, 5.74) is 14.6. The predicted molar refractivity (Wildman–Crippen MR) is 219 cm³/mol. The fourth-order valence-electron chi connectivity index (χ4n) is 9.50. The summed E-state index contributed by atoms with van der Waals surface area (Å²) in [7, 11) is 0. The average molecular weight is 681 g/mol. The molecule has 2 aliphatic rings. The van der Waals surface area contributed by atoms with Crippen molar-refractivity contribution in [2.24, 2.45) is 0 Å². The molecule has 0 amide bonds. The van der Waals surface area contributed by atoms with Gasteiger partial charge < -0.3 is 0 Å². The summed E-state index contributed by atoms with van der Waals surface area (Å²) in [6, 6.07) is 52.6. The smallest absolute Gasteiger partial charge is 0.141 e. The van der Waals surface area contributed by atoms with Crippen molar-refractivity contribution in [3.63, 3.8) is 0 Å². The molecular weight excluding hydrogens is 657 g/mol. The van der Waals surface area contributed by atoms with Crippen LogP contribution in [0.5, 0.6) is 0 Å². The number of aromatic nitrogens is 2. The topological polar surface area (TPSA) is 73.4 Å². The van der Waals surface area contributed by atoms with Gasteiger partial charge in [-0.05, 0) is 169 Å². The molecule has 10 aromatic rings. The highest BCUT2D eigenvalue weighted by molar-refractivity contribution is 6.29. The summed E-state index contributed by atoms with van der Waals surface area (Å²) in [6.07, 6.45) is 3.47. The maximum absolute atomic E-state index is 9.93. The number of nitrogens with zero attached hydrogens (tertiary/aromatic N) is 4. The van der Waals surface area contributed by atoms with E-state index in [0.717, 1.165) is 54.6 Å². The Labute approximate surface area is 309 Å². The first-order chi connectivity index (χ1) is 26.7. The minimum absolute atomic E-state index is 0.383. The molecule has 0 N–H and O–H groups in total. The maximum Gasteiger partial charge on any atom is 0.141 e. The summed E-state index contributed by atoms with van der Waals surface area (Å²) < 4.78 is 0. The lowest BCUT2D eigenvalue weighted by atomic mass is 9.84. The van der Waals surface area contributed by atoms with Crippen LogP contribution in [0.2, 0.25) is 0 Å². The second-order valence-corrected chi connectivity index (χ2v) is 14.3. The molecule has 0 atom stereocenters. The molecule has 2 aliphatic carbocycles. The monoisotopic (exact) mass is 680 g/mol. The quantitative estimate of drug-likeness (QED) is 0.170. The molecule has 0 saturated carbocycles. The van der Waals surface area contributed by atoms with Crippen LogP contribution in [0.4, 0.5) is 0 Å². The van der Waals surface area contributed by atoms with Crippen LogP contribution in [0.15, 0.2) is 146 Å². The Kier molecular flexibility index (Phi) is 5.61. The number of rotatable bonds is 2. The maximum atomic E-state index is 9.93. The number of hydrogen-bond donors (Lipinski definition) is 0. The van der Waals surface area contributed by atoms with E-state index in [9.17, 15) is 10.5 Å². The van der Waals surface area contributed by atoms with E-state index in [-0.39, 0.29) is 0 Å². The molecule has 12 rings (SSSR count). The third kappa shape index (κ3) is 3.73. The molecule has 4 nitrogen and oxygen atoms in total. The number of benzene rings is 8. The van der Waals surface area contributed by atoms with E-state index in [4.69, 9.17) is 0 Å². The highest BCUT2D eigenvalue weighted by Gasteiger charge is 2.28.